The molecule has 4 fully saturated rings. The topological polar surface area (TPSA) is 77.4 Å². The van der Waals surface area contributed by atoms with Crippen molar-refractivity contribution in [3.8, 4) is 0 Å². The van der Waals surface area contributed by atoms with Gasteiger partial charge in [0.2, 0.25) is 0 Å². The van der Waals surface area contributed by atoms with E-state index in [9.17, 15) is 10.2 Å². The van der Waals surface area contributed by atoms with Crippen LogP contribution < -0.4 is 0 Å². The molecule has 4 rings (SSSR count). The molecule has 0 spiro atoms. The molecule has 0 aliphatic carbocycles. The van der Waals surface area contributed by atoms with Gasteiger partial charge >= 0.3 is 0 Å². The van der Waals surface area contributed by atoms with Gasteiger partial charge in [-0.05, 0) is 40.5 Å². The molecule has 0 saturated carbocycles. The molecule has 6 heteroatoms. The first-order valence-corrected chi connectivity index (χ1v) is 9.26. The third kappa shape index (κ3) is 2.31. The van der Waals surface area contributed by atoms with Gasteiger partial charge < -0.3 is 29.2 Å². The zero-order valence-electron chi connectivity index (χ0n) is 15.6. The van der Waals surface area contributed by atoms with Gasteiger partial charge in [0.25, 0.3) is 0 Å². The van der Waals surface area contributed by atoms with Gasteiger partial charge in [-0.25, -0.2) is 0 Å². The molecule has 0 amide bonds. The minimum absolute atomic E-state index is 0.0266. The summed E-state index contributed by atoms with van der Waals surface area (Å²) >= 11 is 0. The van der Waals surface area contributed by atoms with Crippen LogP contribution in [-0.4, -0.2) is 70.2 Å². The highest BCUT2D eigenvalue weighted by Gasteiger charge is 2.63. The van der Waals surface area contributed by atoms with Gasteiger partial charge in [-0.2, -0.15) is 0 Å². The zero-order chi connectivity index (χ0) is 17.9. The Morgan fingerprint density at radius 2 is 1.04 bits per heavy atom. The van der Waals surface area contributed by atoms with Gasteiger partial charge in [-0.3, -0.25) is 0 Å². The van der Waals surface area contributed by atoms with E-state index in [4.69, 9.17) is 18.9 Å². The van der Waals surface area contributed by atoms with E-state index in [1.807, 2.05) is 41.5 Å². The maximum atomic E-state index is 9.87. The Balaban J connectivity index is 0.000000141. The maximum absolute atomic E-state index is 9.87. The lowest BCUT2D eigenvalue weighted by Gasteiger charge is -2.33. The molecule has 4 heterocycles. The highest BCUT2D eigenvalue weighted by molar-refractivity contribution is 5.10. The number of aliphatic hydroxyl groups is 2. The molecular formula is C18H32O6. The SMILES string of the molecule is CC[C@]12O[C@@H](C)C(OC1C)[C@H]2O.CC[C@]12O[C@@H](C)C(OC1C)[C@H]2O. The van der Waals surface area contributed by atoms with Crippen molar-refractivity contribution >= 4 is 0 Å². The minimum atomic E-state index is -0.438. The Bertz CT molecular complexity index is 430. The number of fused-ring (bicyclic) bond motifs is 4. The molecule has 4 aliphatic rings. The number of hydrogen-bond acceptors (Lipinski definition) is 6. The molecule has 0 radical (unpaired) electrons. The highest BCUT2D eigenvalue weighted by Crippen LogP contribution is 2.46. The summed E-state index contributed by atoms with van der Waals surface area (Å²) in [5, 5.41) is 19.7. The van der Waals surface area contributed by atoms with Crippen LogP contribution in [0.4, 0.5) is 0 Å². The van der Waals surface area contributed by atoms with Crippen LogP contribution in [0.1, 0.15) is 54.4 Å². The standard InChI is InChI=1S/2C9H16O3/c2*1-4-9-6(3)11-7(8(9)10)5(2)12-9/h2*5-8,10H,4H2,1-3H3/t2*5-,6?,7?,8+,9-/m00/s1. The molecule has 10 atom stereocenters. The quantitative estimate of drug-likeness (QED) is 0.789. The lowest BCUT2D eigenvalue weighted by molar-refractivity contribution is -0.176. The number of rotatable bonds is 2. The van der Waals surface area contributed by atoms with E-state index in [0.717, 1.165) is 12.8 Å². The lowest BCUT2D eigenvalue weighted by atomic mass is 9.91. The maximum Gasteiger partial charge on any atom is 0.123 e. The van der Waals surface area contributed by atoms with E-state index >= 15 is 0 Å². The van der Waals surface area contributed by atoms with Crippen molar-refractivity contribution in [1.29, 1.82) is 0 Å². The summed E-state index contributed by atoms with van der Waals surface area (Å²) in [5.41, 5.74) is -0.853. The van der Waals surface area contributed by atoms with E-state index in [2.05, 4.69) is 0 Å². The Hall–Kier alpha value is -0.240. The predicted octanol–water partition coefficient (Wildman–Crippen LogP) is 1.40. The van der Waals surface area contributed by atoms with Crippen LogP contribution >= 0.6 is 0 Å². The first-order valence-electron chi connectivity index (χ1n) is 9.26. The second-order valence-electron chi connectivity index (χ2n) is 7.64. The third-order valence-corrected chi connectivity index (χ3v) is 6.56. The summed E-state index contributed by atoms with van der Waals surface area (Å²) in [6.45, 7) is 11.9. The lowest BCUT2D eigenvalue weighted by Crippen LogP contribution is -2.45. The van der Waals surface area contributed by atoms with Gasteiger partial charge in [-0.1, -0.05) is 13.8 Å². The van der Waals surface area contributed by atoms with Gasteiger partial charge in [0.05, 0.1) is 24.4 Å². The Labute approximate surface area is 144 Å². The van der Waals surface area contributed by atoms with Crippen LogP contribution in [0.15, 0.2) is 0 Å². The molecule has 4 bridgehead atoms. The fourth-order valence-corrected chi connectivity index (χ4v) is 4.94. The van der Waals surface area contributed by atoms with Crippen molar-refractivity contribution < 1.29 is 29.2 Å². The molecule has 6 nitrogen and oxygen atoms in total. The molecule has 2 N–H and O–H groups in total. The molecule has 0 aromatic carbocycles. The zero-order valence-corrected chi connectivity index (χ0v) is 15.6. The first kappa shape index (κ1) is 18.5. The molecule has 4 aliphatic heterocycles. The van der Waals surface area contributed by atoms with Crippen LogP contribution in [0, 0.1) is 0 Å². The normalized spacial score (nSPS) is 58.0. The number of aliphatic hydroxyl groups excluding tert-OH is 2. The van der Waals surface area contributed by atoms with E-state index in [1.165, 1.54) is 0 Å². The van der Waals surface area contributed by atoms with Crippen molar-refractivity contribution in [2.75, 3.05) is 0 Å². The van der Waals surface area contributed by atoms with Crippen LogP contribution in [0.25, 0.3) is 0 Å². The molecule has 0 aromatic rings. The summed E-state index contributed by atoms with van der Waals surface area (Å²) in [5.74, 6) is 0. The van der Waals surface area contributed by atoms with E-state index in [0.29, 0.717) is 0 Å². The average Bonchev–Trinajstić information content (AvgIpc) is 3.13. The monoisotopic (exact) mass is 344 g/mol. The van der Waals surface area contributed by atoms with E-state index in [1.54, 1.807) is 0 Å². The number of hydrogen-bond donors (Lipinski definition) is 2. The van der Waals surface area contributed by atoms with Crippen molar-refractivity contribution in [3.05, 3.63) is 0 Å². The summed E-state index contributed by atoms with van der Waals surface area (Å²) in [6.07, 6.45) is 0.663. The van der Waals surface area contributed by atoms with Crippen molar-refractivity contribution in [3.63, 3.8) is 0 Å². The molecule has 24 heavy (non-hydrogen) atoms. The van der Waals surface area contributed by atoms with Gasteiger partial charge in [0.1, 0.15) is 35.6 Å². The summed E-state index contributed by atoms with van der Waals surface area (Å²) in [7, 11) is 0. The van der Waals surface area contributed by atoms with Gasteiger partial charge in [0.15, 0.2) is 0 Å². The van der Waals surface area contributed by atoms with Crippen molar-refractivity contribution in [2.45, 2.75) is 114 Å². The average molecular weight is 344 g/mol. The second kappa shape index (κ2) is 6.18. The molecule has 4 saturated heterocycles. The fourth-order valence-electron chi connectivity index (χ4n) is 4.94. The molecule has 4 unspecified atom stereocenters. The fraction of sp³-hybridized carbons (Fsp3) is 1.00. The van der Waals surface area contributed by atoms with E-state index in [-0.39, 0.29) is 36.6 Å². The van der Waals surface area contributed by atoms with Crippen LogP contribution in [0.2, 0.25) is 0 Å². The molecule has 140 valence electrons. The Morgan fingerprint density at radius 1 is 0.708 bits per heavy atom. The predicted molar refractivity (Wildman–Crippen MR) is 87.8 cm³/mol. The first-order chi connectivity index (χ1) is 11.2. The second-order valence-corrected chi connectivity index (χ2v) is 7.64. The molecule has 0 aromatic heterocycles. The van der Waals surface area contributed by atoms with E-state index < -0.39 is 23.4 Å². The smallest absolute Gasteiger partial charge is 0.123 e. The molecular weight excluding hydrogens is 312 g/mol. The minimum Gasteiger partial charge on any atom is -0.387 e. The Morgan fingerprint density at radius 3 is 1.21 bits per heavy atom. The summed E-state index contributed by atoms with van der Waals surface area (Å²) in [6, 6.07) is 0. The third-order valence-electron chi connectivity index (χ3n) is 6.56. The van der Waals surface area contributed by atoms with Gasteiger partial charge in [0, 0.05) is 0 Å². The van der Waals surface area contributed by atoms with Crippen molar-refractivity contribution in [1.82, 2.24) is 0 Å². The summed E-state index contributed by atoms with van der Waals surface area (Å²) < 4.78 is 22.7. The van der Waals surface area contributed by atoms with Gasteiger partial charge in [-0.15, -0.1) is 0 Å². The Kier molecular flexibility index (Phi) is 4.78. The summed E-state index contributed by atoms with van der Waals surface area (Å²) in [4.78, 5) is 0. The largest absolute Gasteiger partial charge is 0.387 e. The number of ether oxygens (including phenoxy) is 4. The van der Waals surface area contributed by atoms with Crippen molar-refractivity contribution in [2.24, 2.45) is 0 Å². The van der Waals surface area contributed by atoms with Crippen LogP contribution in [0.5, 0.6) is 0 Å². The highest BCUT2D eigenvalue weighted by atomic mass is 16.7. The van der Waals surface area contributed by atoms with Crippen LogP contribution in [-0.2, 0) is 18.9 Å². The van der Waals surface area contributed by atoms with Crippen LogP contribution in [0.3, 0.4) is 0 Å².